The lowest BCUT2D eigenvalue weighted by Gasteiger charge is -2.09. The molecule has 0 fully saturated rings. The van der Waals surface area contributed by atoms with Crippen LogP contribution in [0.5, 0.6) is 0 Å². The van der Waals surface area contributed by atoms with Gasteiger partial charge in [-0.05, 0) is 23.6 Å². The van der Waals surface area contributed by atoms with Gasteiger partial charge in [-0.3, -0.25) is 14.9 Å². The molecule has 3 rings (SSSR count). The van der Waals surface area contributed by atoms with Gasteiger partial charge in [-0.2, -0.15) is 11.3 Å². The molecule has 9 nitrogen and oxygen atoms in total. The van der Waals surface area contributed by atoms with Gasteiger partial charge in [0.15, 0.2) is 9.84 Å². The molecule has 0 unspecified atom stereocenters. The Kier molecular flexibility index (Phi) is 6.80. The summed E-state index contributed by atoms with van der Waals surface area (Å²) in [6.45, 7) is 0.480. The van der Waals surface area contributed by atoms with Crippen molar-refractivity contribution in [2.24, 2.45) is 0 Å². The van der Waals surface area contributed by atoms with Crippen molar-refractivity contribution < 1.29 is 18.1 Å². The first-order valence-corrected chi connectivity index (χ1v) is 12.4. The lowest BCUT2D eigenvalue weighted by atomic mass is 10.2. The van der Waals surface area contributed by atoms with Gasteiger partial charge in [-0.15, -0.1) is 11.3 Å². The number of thiazole rings is 1. The summed E-state index contributed by atoms with van der Waals surface area (Å²) in [4.78, 5) is 27.0. The first kappa shape index (κ1) is 21.9. The molecule has 0 aliphatic carbocycles. The second kappa shape index (κ2) is 9.32. The molecular formula is C18H18N4O5S3. The highest BCUT2D eigenvalue weighted by Crippen LogP contribution is 2.27. The summed E-state index contributed by atoms with van der Waals surface area (Å²) < 4.78 is 23.2. The Balaban J connectivity index is 1.51. The number of anilines is 1. The second-order valence-electron chi connectivity index (χ2n) is 6.32. The zero-order valence-corrected chi connectivity index (χ0v) is 18.3. The number of nitrogens with zero attached hydrogens (tertiary/aromatic N) is 2. The number of nitro groups is 1. The predicted octanol–water partition coefficient (Wildman–Crippen LogP) is 2.95. The fourth-order valence-electron chi connectivity index (χ4n) is 2.58. The molecule has 0 spiro atoms. The normalized spacial score (nSPS) is 11.2. The summed E-state index contributed by atoms with van der Waals surface area (Å²) >= 11 is 3.06. The molecule has 2 aromatic heterocycles. The Morgan fingerprint density at radius 2 is 2.03 bits per heavy atom. The number of hydrogen-bond donors (Lipinski definition) is 2. The van der Waals surface area contributed by atoms with Crippen LogP contribution in [0.1, 0.15) is 5.69 Å². The van der Waals surface area contributed by atoms with Gasteiger partial charge in [0.2, 0.25) is 5.91 Å². The highest BCUT2D eigenvalue weighted by atomic mass is 32.2. The van der Waals surface area contributed by atoms with Gasteiger partial charge in [0.25, 0.3) is 5.69 Å². The molecule has 0 radical (unpaired) electrons. The standard InChI is InChI=1S/C18H18N4O5S3/c1-30(26,27)14-2-3-15(16(9-14)22(24)25)19-5-6-20-17(23)8-13-11-29-18(21-13)12-4-7-28-10-12/h2-4,7,9-11,19H,5-6,8H2,1H3,(H,20,23). The molecule has 0 atom stereocenters. The maximum absolute atomic E-state index is 12.1. The molecule has 0 saturated heterocycles. The lowest BCUT2D eigenvalue weighted by Crippen LogP contribution is -2.30. The quantitative estimate of drug-likeness (QED) is 0.281. The van der Waals surface area contributed by atoms with E-state index in [9.17, 15) is 23.3 Å². The number of benzene rings is 1. The Bertz CT molecular complexity index is 1160. The first-order chi connectivity index (χ1) is 14.2. The van der Waals surface area contributed by atoms with E-state index in [4.69, 9.17) is 0 Å². The number of nitro benzene ring substituents is 1. The van der Waals surface area contributed by atoms with E-state index in [0.29, 0.717) is 5.69 Å². The summed E-state index contributed by atoms with van der Waals surface area (Å²) in [6, 6.07) is 5.64. The maximum atomic E-state index is 12.1. The molecule has 1 amide bonds. The highest BCUT2D eigenvalue weighted by Gasteiger charge is 2.18. The summed E-state index contributed by atoms with van der Waals surface area (Å²) in [6.07, 6.45) is 1.13. The van der Waals surface area contributed by atoms with E-state index in [1.807, 2.05) is 22.2 Å². The van der Waals surface area contributed by atoms with Crippen molar-refractivity contribution in [3.8, 4) is 10.6 Å². The number of carbonyl (C=O) groups is 1. The SMILES string of the molecule is CS(=O)(=O)c1ccc(NCCNC(=O)Cc2csc(-c3ccsc3)n2)c([N+](=O)[O-])c1. The minimum atomic E-state index is -3.55. The van der Waals surface area contributed by atoms with Crippen LogP contribution < -0.4 is 10.6 Å². The van der Waals surface area contributed by atoms with Crippen molar-refractivity contribution in [3.63, 3.8) is 0 Å². The third kappa shape index (κ3) is 5.62. The zero-order valence-electron chi connectivity index (χ0n) is 15.8. The lowest BCUT2D eigenvalue weighted by molar-refractivity contribution is -0.384. The van der Waals surface area contributed by atoms with E-state index in [-0.39, 0.29) is 41.7 Å². The van der Waals surface area contributed by atoms with E-state index in [1.54, 1.807) is 11.3 Å². The topological polar surface area (TPSA) is 131 Å². The summed E-state index contributed by atoms with van der Waals surface area (Å²) in [5, 5.41) is 23.5. The third-order valence-electron chi connectivity index (χ3n) is 4.02. The summed E-state index contributed by atoms with van der Waals surface area (Å²) in [5.41, 5.74) is 1.55. The number of nitrogens with one attached hydrogen (secondary N) is 2. The van der Waals surface area contributed by atoms with Crippen molar-refractivity contribution in [1.82, 2.24) is 10.3 Å². The van der Waals surface area contributed by atoms with Gasteiger partial charge < -0.3 is 10.6 Å². The number of thiophene rings is 1. The fraction of sp³-hybridized carbons (Fsp3) is 0.222. The van der Waals surface area contributed by atoms with E-state index in [2.05, 4.69) is 15.6 Å². The van der Waals surface area contributed by atoms with E-state index < -0.39 is 14.8 Å². The third-order valence-corrected chi connectivity index (χ3v) is 6.75. The number of sulfone groups is 1. The first-order valence-electron chi connectivity index (χ1n) is 8.70. The van der Waals surface area contributed by atoms with Crippen LogP contribution in [0.2, 0.25) is 0 Å². The number of amides is 1. The Morgan fingerprint density at radius 1 is 1.23 bits per heavy atom. The number of carbonyl (C=O) groups excluding carboxylic acids is 1. The molecule has 158 valence electrons. The minimum absolute atomic E-state index is 0.127. The molecule has 3 aromatic rings. The fourth-order valence-corrected chi connectivity index (χ4v) is 4.75. The summed E-state index contributed by atoms with van der Waals surface area (Å²) in [5.74, 6) is -0.208. The van der Waals surface area contributed by atoms with Gasteiger partial charge in [0.1, 0.15) is 10.7 Å². The molecule has 12 heteroatoms. The van der Waals surface area contributed by atoms with Crippen LogP contribution in [0, 0.1) is 10.1 Å². The van der Waals surface area contributed by atoms with Crippen LogP contribution in [0.3, 0.4) is 0 Å². The molecule has 0 aliphatic rings. The Hall–Kier alpha value is -2.83. The number of aromatic nitrogens is 1. The van der Waals surface area contributed by atoms with Crippen molar-refractivity contribution in [2.45, 2.75) is 11.3 Å². The van der Waals surface area contributed by atoms with Crippen LogP contribution >= 0.6 is 22.7 Å². The smallest absolute Gasteiger partial charge is 0.293 e. The Morgan fingerprint density at radius 3 is 2.70 bits per heavy atom. The van der Waals surface area contributed by atoms with E-state index in [0.717, 1.165) is 22.9 Å². The van der Waals surface area contributed by atoms with Crippen molar-refractivity contribution >= 4 is 49.8 Å². The van der Waals surface area contributed by atoms with Gasteiger partial charge >= 0.3 is 0 Å². The van der Waals surface area contributed by atoms with Gasteiger partial charge in [-0.1, -0.05) is 0 Å². The molecule has 0 aliphatic heterocycles. The number of rotatable bonds is 9. The van der Waals surface area contributed by atoms with Crippen molar-refractivity contribution in [2.75, 3.05) is 24.7 Å². The Labute approximate surface area is 180 Å². The van der Waals surface area contributed by atoms with Crippen LogP contribution in [0.4, 0.5) is 11.4 Å². The van der Waals surface area contributed by atoms with E-state index >= 15 is 0 Å². The monoisotopic (exact) mass is 466 g/mol. The molecule has 2 heterocycles. The largest absolute Gasteiger partial charge is 0.378 e. The van der Waals surface area contributed by atoms with Crippen LogP contribution in [0.15, 0.2) is 45.3 Å². The molecule has 2 N–H and O–H groups in total. The van der Waals surface area contributed by atoms with Crippen molar-refractivity contribution in [3.05, 3.63) is 56.2 Å². The maximum Gasteiger partial charge on any atom is 0.293 e. The van der Waals surface area contributed by atoms with E-state index in [1.165, 1.54) is 23.5 Å². The van der Waals surface area contributed by atoms with Gasteiger partial charge in [-0.25, -0.2) is 13.4 Å². The number of hydrogen-bond acceptors (Lipinski definition) is 9. The predicted molar refractivity (Wildman–Crippen MR) is 117 cm³/mol. The minimum Gasteiger partial charge on any atom is -0.378 e. The molecule has 0 saturated carbocycles. The zero-order chi connectivity index (χ0) is 21.7. The van der Waals surface area contributed by atoms with Crippen LogP contribution in [-0.4, -0.2) is 43.6 Å². The summed E-state index contributed by atoms with van der Waals surface area (Å²) in [7, 11) is -3.55. The van der Waals surface area contributed by atoms with Gasteiger partial charge in [0, 0.05) is 41.7 Å². The highest BCUT2D eigenvalue weighted by molar-refractivity contribution is 7.90. The van der Waals surface area contributed by atoms with Gasteiger partial charge in [0.05, 0.1) is 21.9 Å². The molecular weight excluding hydrogens is 448 g/mol. The average molecular weight is 467 g/mol. The average Bonchev–Trinajstić information content (AvgIpc) is 3.36. The second-order valence-corrected chi connectivity index (χ2v) is 9.97. The van der Waals surface area contributed by atoms with Crippen LogP contribution in [-0.2, 0) is 21.1 Å². The molecule has 0 bridgehead atoms. The molecule has 1 aromatic carbocycles. The van der Waals surface area contributed by atoms with Crippen LogP contribution in [0.25, 0.3) is 10.6 Å². The molecule has 30 heavy (non-hydrogen) atoms. The van der Waals surface area contributed by atoms with Crippen molar-refractivity contribution in [1.29, 1.82) is 0 Å².